The van der Waals surface area contributed by atoms with Gasteiger partial charge in [0.25, 0.3) is 0 Å². The number of hydrogen-bond donors (Lipinski definition) is 2. The van der Waals surface area contributed by atoms with E-state index >= 15 is 0 Å². The van der Waals surface area contributed by atoms with Gasteiger partial charge in [-0.05, 0) is 90.7 Å². The van der Waals surface area contributed by atoms with Crippen LogP contribution in [0.4, 0.5) is 22.4 Å². The summed E-state index contributed by atoms with van der Waals surface area (Å²) in [5.41, 5.74) is -1.73. The van der Waals surface area contributed by atoms with E-state index in [2.05, 4.69) is 57.0 Å². The summed E-state index contributed by atoms with van der Waals surface area (Å²) in [6.07, 6.45) is -1.65. The molecule has 1 atom stereocenters. The summed E-state index contributed by atoms with van der Waals surface area (Å²) in [6.45, 7) is 5.91. The minimum Gasteiger partial charge on any atom is -0.335 e. The van der Waals surface area contributed by atoms with Crippen LogP contribution in [0.25, 0.3) is 0 Å². The Morgan fingerprint density at radius 1 is 1.05 bits per heavy atom. The topological polar surface area (TPSA) is 57.3 Å². The molecule has 1 saturated heterocycles. The number of rotatable bonds is 7. The van der Waals surface area contributed by atoms with Crippen LogP contribution in [0.1, 0.15) is 49.1 Å². The van der Waals surface area contributed by atoms with Crippen molar-refractivity contribution in [2.45, 2.75) is 56.9 Å². The average molecular weight is 654 g/mol. The zero-order valence-corrected chi connectivity index (χ0v) is 23.9. The first kappa shape index (κ1) is 29.3. The molecule has 2 heterocycles. The lowest BCUT2D eigenvalue weighted by Gasteiger charge is -2.38. The maximum absolute atomic E-state index is 14.8. The fourth-order valence-electron chi connectivity index (χ4n) is 5.03. The minimum absolute atomic E-state index is 0.0443. The van der Waals surface area contributed by atoms with Crippen molar-refractivity contribution in [2.75, 3.05) is 13.1 Å². The van der Waals surface area contributed by atoms with Crippen LogP contribution < -0.4 is 10.6 Å². The van der Waals surface area contributed by atoms with Gasteiger partial charge < -0.3 is 15.5 Å². The number of benzene rings is 2. The molecule has 1 fully saturated rings. The lowest BCUT2D eigenvalue weighted by atomic mass is 9.79. The summed E-state index contributed by atoms with van der Waals surface area (Å²) >= 11 is 2.08. The van der Waals surface area contributed by atoms with Crippen molar-refractivity contribution in [2.24, 2.45) is 0 Å². The maximum atomic E-state index is 14.8. The highest BCUT2D eigenvalue weighted by molar-refractivity contribution is 14.1. The molecular formula is C29H31F4IN4O. The number of hydrogen-bond acceptors (Lipinski definition) is 3. The number of carbonyl (C=O) groups is 1. The molecule has 3 aromatic rings. The Morgan fingerprint density at radius 3 is 2.31 bits per heavy atom. The van der Waals surface area contributed by atoms with Crippen LogP contribution in [0.15, 0.2) is 66.9 Å². The molecule has 4 rings (SSSR count). The van der Waals surface area contributed by atoms with E-state index in [0.29, 0.717) is 17.8 Å². The van der Waals surface area contributed by atoms with Crippen molar-refractivity contribution in [3.05, 3.63) is 98.6 Å². The molecule has 1 aliphatic heterocycles. The van der Waals surface area contributed by atoms with Gasteiger partial charge in [-0.25, -0.2) is 9.18 Å². The van der Waals surface area contributed by atoms with Crippen molar-refractivity contribution in [3.63, 3.8) is 0 Å². The van der Waals surface area contributed by atoms with Gasteiger partial charge in [0.15, 0.2) is 0 Å². The molecule has 2 aromatic carbocycles. The molecule has 1 aromatic heterocycles. The zero-order valence-electron chi connectivity index (χ0n) is 21.7. The van der Waals surface area contributed by atoms with Gasteiger partial charge in [0.2, 0.25) is 0 Å². The Hall–Kier alpha value is -2.73. The van der Waals surface area contributed by atoms with E-state index in [-0.39, 0.29) is 18.0 Å². The monoisotopic (exact) mass is 654 g/mol. The Labute approximate surface area is 239 Å². The summed E-state index contributed by atoms with van der Waals surface area (Å²) in [5, 5.41) is 5.96. The first-order chi connectivity index (χ1) is 18.5. The summed E-state index contributed by atoms with van der Waals surface area (Å²) in [6, 6.07) is 14.6. The maximum Gasteiger partial charge on any atom is 0.416 e. The standard InChI is InChI=1S/C29H31F4IN4O/c1-19(2)38-12-10-25(11-13-38)36-27(39)37-28(17-20-6-4-3-5-7-20,26-9-8-24(34)18-35-26)21-14-22(29(31,32)33)16-23(30)15-21/h3-9,14-16,18-19,25H,10-13,17H2,1-2H3,(H2,36,37,39)/t28-/m0/s1. The van der Waals surface area contributed by atoms with Crippen LogP contribution in [0.3, 0.4) is 0 Å². The quantitative estimate of drug-likeness (QED) is 0.226. The number of amides is 2. The zero-order chi connectivity index (χ0) is 28.2. The molecule has 0 saturated carbocycles. The molecule has 1 aliphatic rings. The Balaban J connectivity index is 1.78. The summed E-state index contributed by atoms with van der Waals surface area (Å²) in [4.78, 5) is 20.4. The largest absolute Gasteiger partial charge is 0.416 e. The molecule has 5 nitrogen and oxygen atoms in total. The molecule has 208 valence electrons. The van der Waals surface area contributed by atoms with Gasteiger partial charge in [-0.15, -0.1) is 0 Å². The first-order valence-electron chi connectivity index (χ1n) is 12.8. The summed E-state index contributed by atoms with van der Waals surface area (Å²) in [7, 11) is 0. The van der Waals surface area contributed by atoms with E-state index in [1.165, 1.54) is 0 Å². The molecule has 39 heavy (non-hydrogen) atoms. The molecule has 2 N–H and O–H groups in total. The van der Waals surface area contributed by atoms with E-state index in [1.807, 2.05) is 18.2 Å². The summed E-state index contributed by atoms with van der Waals surface area (Å²) in [5.74, 6) is -1.05. The van der Waals surface area contributed by atoms with E-state index in [4.69, 9.17) is 0 Å². The second kappa shape index (κ2) is 12.2. The number of nitrogens with zero attached hydrogens (tertiary/aromatic N) is 2. The second-order valence-corrected chi connectivity index (χ2v) is 11.4. The van der Waals surface area contributed by atoms with E-state index in [0.717, 1.165) is 47.2 Å². The number of aromatic nitrogens is 1. The molecule has 0 unspecified atom stereocenters. The molecular weight excluding hydrogens is 623 g/mol. The Kier molecular flexibility index (Phi) is 9.15. The van der Waals surface area contributed by atoms with Gasteiger partial charge in [0, 0.05) is 41.4 Å². The van der Waals surface area contributed by atoms with E-state index < -0.39 is 29.1 Å². The minimum atomic E-state index is -4.78. The molecule has 2 amide bonds. The average Bonchev–Trinajstić information content (AvgIpc) is 2.88. The van der Waals surface area contributed by atoms with Gasteiger partial charge >= 0.3 is 12.2 Å². The number of urea groups is 1. The van der Waals surface area contributed by atoms with Crippen LogP contribution >= 0.6 is 22.6 Å². The van der Waals surface area contributed by atoms with E-state index in [9.17, 15) is 22.4 Å². The third kappa shape index (κ3) is 7.27. The number of carbonyl (C=O) groups excluding carboxylic acids is 1. The third-order valence-corrected chi connectivity index (χ3v) is 7.75. The normalized spacial score (nSPS) is 16.6. The molecule has 0 radical (unpaired) electrons. The van der Waals surface area contributed by atoms with Gasteiger partial charge in [-0.3, -0.25) is 4.98 Å². The van der Waals surface area contributed by atoms with Crippen LogP contribution in [0.5, 0.6) is 0 Å². The van der Waals surface area contributed by atoms with Crippen molar-refractivity contribution in [3.8, 4) is 0 Å². The van der Waals surface area contributed by atoms with Gasteiger partial charge in [0.05, 0.1) is 11.3 Å². The van der Waals surface area contributed by atoms with Gasteiger partial charge in [0.1, 0.15) is 11.4 Å². The highest BCUT2D eigenvalue weighted by atomic mass is 127. The van der Waals surface area contributed by atoms with Crippen LogP contribution in [-0.4, -0.2) is 41.1 Å². The SMILES string of the molecule is CC(C)N1CCC(NC(=O)N[C@@](Cc2ccccc2)(c2cc(F)cc(C(F)(F)F)c2)c2ccc(I)cn2)CC1. The fourth-order valence-corrected chi connectivity index (χ4v) is 5.35. The summed E-state index contributed by atoms with van der Waals surface area (Å²) < 4.78 is 56.9. The smallest absolute Gasteiger partial charge is 0.335 e. The number of halogens is 5. The Morgan fingerprint density at radius 2 is 1.72 bits per heavy atom. The van der Waals surface area contributed by atoms with Crippen molar-refractivity contribution < 1.29 is 22.4 Å². The van der Waals surface area contributed by atoms with Crippen LogP contribution in [0, 0.1) is 9.39 Å². The van der Waals surface area contributed by atoms with Crippen LogP contribution in [-0.2, 0) is 18.1 Å². The second-order valence-electron chi connectivity index (χ2n) is 10.2. The predicted octanol–water partition coefficient (Wildman–Crippen LogP) is 6.50. The first-order valence-corrected chi connectivity index (χ1v) is 13.9. The van der Waals surface area contributed by atoms with E-state index in [1.54, 1.807) is 30.5 Å². The third-order valence-electron chi connectivity index (χ3n) is 7.12. The lowest BCUT2D eigenvalue weighted by molar-refractivity contribution is -0.137. The number of alkyl halides is 3. The van der Waals surface area contributed by atoms with Crippen molar-refractivity contribution >= 4 is 28.6 Å². The highest BCUT2D eigenvalue weighted by Crippen LogP contribution is 2.37. The van der Waals surface area contributed by atoms with Crippen molar-refractivity contribution in [1.29, 1.82) is 0 Å². The van der Waals surface area contributed by atoms with Crippen LogP contribution in [0.2, 0.25) is 0 Å². The number of pyridine rings is 1. The van der Waals surface area contributed by atoms with Gasteiger partial charge in [-0.1, -0.05) is 30.3 Å². The fraction of sp³-hybridized carbons (Fsp3) is 0.379. The lowest BCUT2D eigenvalue weighted by Crippen LogP contribution is -2.56. The Bertz CT molecular complexity index is 1260. The highest BCUT2D eigenvalue weighted by Gasteiger charge is 2.41. The van der Waals surface area contributed by atoms with Gasteiger partial charge in [-0.2, -0.15) is 13.2 Å². The predicted molar refractivity (Wildman–Crippen MR) is 151 cm³/mol. The number of likely N-dealkylation sites (tertiary alicyclic amines) is 1. The molecule has 10 heteroatoms. The molecule has 0 aliphatic carbocycles. The number of nitrogens with one attached hydrogen (secondary N) is 2. The molecule has 0 bridgehead atoms. The number of piperidine rings is 1. The molecule has 0 spiro atoms. The van der Waals surface area contributed by atoms with Crippen molar-refractivity contribution in [1.82, 2.24) is 20.5 Å².